The number of nitrogens with one attached hydrogen (secondary N) is 2. The first kappa shape index (κ1) is 21.7. The van der Waals surface area contributed by atoms with Crippen LogP contribution in [-0.2, 0) is 4.79 Å². The first-order valence-electron chi connectivity index (χ1n) is 10.1. The molecule has 170 valence electrons. The van der Waals surface area contributed by atoms with E-state index in [1.807, 2.05) is 6.92 Å². The van der Waals surface area contributed by atoms with Gasteiger partial charge in [0.05, 0.1) is 29.9 Å². The summed E-state index contributed by atoms with van der Waals surface area (Å²) in [5, 5.41) is 29.1. The van der Waals surface area contributed by atoms with Crippen molar-refractivity contribution >= 4 is 23.2 Å². The molecular formula is C21H21N7O5. The summed E-state index contributed by atoms with van der Waals surface area (Å²) in [5.41, 5.74) is 1.50. The molecule has 4 rings (SSSR count). The molecule has 12 heteroatoms. The van der Waals surface area contributed by atoms with Gasteiger partial charge in [0.25, 0.3) is 5.91 Å². The number of ether oxygens (including phenoxy) is 2. The van der Waals surface area contributed by atoms with Gasteiger partial charge in [-0.2, -0.15) is 4.68 Å². The van der Waals surface area contributed by atoms with E-state index >= 15 is 0 Å². The predicted octanol–water partition coefficient (Wildman–Crippen LogP) is 2.92. The van der Waals surface area contributed by atoms with E-state index in [0.29, 0.717) is 40.8 Å². The van der Waals surface area contributed by atoms with Crippen molar-refractivity contribution in [1.29, 1.82) is 0 Å². The number of methoxy groups -OCH3 is 1. The Morgan fingerprint density at radius 2 is 2.06 bits per heavy atom. The minimum absolute atomic E-state index is 0.104. The first-order valence-corrected chi connectivity index (χ1v) is 10.1. The number of fused-ring (bicyclic) bond motifs is 1. The Kier molecular flexibility index (Phi) is 5.89. The van der Waals surface area contributed by atoms with E-state index in [-0.39, 0.29) is 11.4 Å². The van der Waals surface area contributed by atoms with E-state index in [4.69, 9.17) is 9.47 Å². The number of benzene rings is 2. The van der Waals surface area contributed by atoms with E-state index in [2.05, 4.69) is 26.2 Å². The lowest BCUT2D eigenvalue weighted by molar-refractivity contribution is -0.385. The number of allylic oxidation sites excluding steroid dienone is 1. The van der Waals surface area contributed by atoms with Crippen molar-refractivity contribution in [2.24, 2.45) is 0 Å². The van der Waals surface area contributed by atoms with Gasteiger partial charge in [0.2, 0.25) is 5.95 Å². The molecule has 12 nitrogen and oxygen atoms in total. The summed E-state index contributed by atoms with van der Waals surface area (Å²) in [6, 6.07) is 10.7. The van der Waals surface area contributed by atoms with Gasteiger partial charge < -0.3 is 20.1 Å². The zero-order valence-electron chi connectivity index (χ0n) is 18.1. The lowest BCUT2D eigenvalue weighted by Gasteiger charge is -2.28. The highest BCUT2D eigenvalue weighted by Gasteiger charge is 2.35. The molecule has 0 aliphatic carbocycles. The summed E-state index contributed by atoms with van der Waals surface area (Å²) < 4.78 is 12.1. The van der Waals surface area contributed by atoms with E-state index in [9.17, 15) is 14.9 Å². The SMILES string of the molecule is CCOc1ccccc1NC(=O)C1=C(C)Nc2nnnn2C1c1ccc(OC)c([N+](=O)[O-])c1. The standard InChI is InChI=1S/C21H21N7O5/c1-4-33-16-8-6-5-7-14(16)23-20(29)18-12(2)22-21-24-25-26-27(21)19(18)13-9-10-17(32-3)15(11-13)28(30)31/h5-11,19H,4H2,1-3H3,(H,23,29)(H,22,24,26). The second-order valence-electron chi connectivity index (χ2n) is 7.08. The second-order valence-corrected chi connectivity index (χ2v) is 7.08. The predicted molar refractivity (Wildman–Crippen MR) is 118 cm³/mol. The van der Waals surface area contributed by atoms with Crippen molar-refractivity contribution in [3.8, 4) is 11.5 Å². The third kappa shape index (κ3) is 4.05. The summed E-state index contributed by atoms with van der Waals surface area (Å²) in [6.45, 7) is 4.00. The highest BCUT2D eigenvalue weighted by atomic mass is 16.6. The average molecular weight is 451 g/mol. The van der Waals surface area contributed by atoms with Crippen LogP contribution in [0.15, 0.2) is 53.7 Å². The quantitative estimate of drug-likeness (QED) is 0.409. The monoisotopic (exact) mass is 451 g/mol. The molecule has 1 atom stereocenters. The van der Waals surface area contributed by atoms with Crippen LogP contribution in [0.3, 0.4) is 0 Å². The fourth-order valence-electron chi connectivity index (χ4n) is 3.68. The van der Waals surface area contributed by atoms with Crippen LogP contribution in [0, 0.1) is 10.1 Å². The van der Waals surface area contributed by atoms with Crippen molar-refractivity contribution in [3.63, 3.8) is 0 Å². The Morgan fingerprint density at radius 1 is 1.27 bits per heavy atom. The van der Waals surface area contributed by atoms with Crippen LogP contribution < -0.4 is 20.1 Å². The van der Waals surface area contributed by atoms with Crippen molar-refractivity contribution in [2.75, 3.05) is 24.4 Å². The van der Waals surface area contributed by atoms with Gasteiger partial charge in [-0.3, -0.25) is 14.9 Å². The maximum absolute atomic E-state index is 13.5. The molecule has 0 radical (unpaired) electrons. The number of hydrogen-bond acceptors (Lipinski definition) is 9. The van der Waals surface area contributed by atoms with Gasteiger partial charge in [-0.1, -0.05) is 23.3 Å². The number of nitro benzene ring substituents is 1. The molecule has 0 bridgehead atoms. The third-order valence-corrected chi connectivity index (χ3v) is 5.11. The molecule has 33 heavy (non-hydrogen) atoms. The molecule has 1 aliphatic rings. The molecule has 1 aliphatic heterocycles. The Hall–Kier alpha value is -4.48. The Bertz CT molecular complexity index is 1250. The largest absolute Gasteiger partial charge is 0.492 e. The lowest BCUT2D eigenvalue weighted by atomic mass is 9.94. The number of carbonyl (C=O) groups is 1. The Labute approximate surface area is 188 Å². The topological polar surface area (TPSA) is 146 Å². The Balaban J connectivity index is 1.79. The van der Waals surface area contributed by atoms with Gasteiger partial charge in [0, 0.05) is 11.8 Å². The number of amides is 1. The minimum atomic E-state index is -0.819. The smallest absolute Gasteiger partial charge is 0.311 e. The van der Waals surface area contributed by atoms with Crippen LogP contribution in [0.4, 0.5) is 17.3 Å². The number of anilines is 2. The number of rotatable bonds is 7. The number of hydrogen-bond donors (Lipinski definition) is 2. The van der Waals surface area contributed by atoms with Gasteiger partial charge in [-0.25, -0.2) is 0 Å². The molecule has 0 fully saturated rings. The molecule has 0 spiro atoms. The first-order chi connectivity index (χ1) is 15.9. The molecule has 2 N–H and O–H groups in total. The van der Waals surface area contributed by atoms with Gasteiger partial charge >= 0.3 is 5.69 Å². The van der Waals surface area contributed by atoms with E-state index < -0.39 is 16.9 Å². The highest BCUT2D eigenvalue weighted by Crippen LogP contribution is 2.38. The van der Waals surface area contributed by atoms with Gasteiger partial charge in [0.1, 0.15) is 11.8 Å². The summed E-state index contributed by atoms with van der Waals surface area (Å²) in [7, 11) is 1.35. The number of tetrazole rings is 1. The van der Waals surface area contributed by atoms with Crippen molar-refractivity contribution in [2.45, 2.75) is 19.9 Å². The normalized spacial score (nSPS) is 14.8. The van der Waals surface area contributed by atoms with Crippen molar-refractivity contribution in [1.82, 2.24) is 20.2 Å². The van der Waals surface area contributed by atoms with Gasteiger partial charge in [-0.05, 0) is 48.0 Å². The number of aromatic nitrogens is 4. The highest BCUT2D eigenvalue weighted by molar-refractivity contribution is 6.06. The second kappa shape index (κ2) is 8.94. The fourth-order valence-corrected chi connectivity index (χ4v) is 3.68. The van der Waals surface area contributed by atoms with Crippen LogP contribution in [-0.4, -0.2) is 44.8 Å². The molecule has 0 saturated heterocycles. The number of nitrogens with zero attached hydrogens (tertiary/aromatic N) is 5. The molecule has 3 aromatic rings. The zero-order valence-corrected chi connectivity index (χ0v) is 18.1. The van der Waals surface area contributed by atoms with E-state index in [1.54, 1.807) is 37.3 Å². The van der Waals surface area contributed by atoms with Crippen LogP contribution in [0.5, 0.6) is 11.5 Å². The molecule has 0 saturated carbocycles. The van der Waals surface area contributed by atoms with Crippen LogP contribution in [0.2, 0.25) is 0 Å². The fraction of sp³-hybridized carbons (Fsp3) is 0.238. The van der Waals surface area contributed by atoms with Crippen molar-refractivity contribution < 1.29 is 19.2 Å². The van der Waals surface area contributed by atoms with Crippen LogP contribution >= 0.6 is 0 Å². The number of nitro groups is 1. The molecule has 2 heterocycles. The number of carbonyl (C=O) groups excluding carboxylic acids is 1. The minimum Gasteiger partial charge on any atom is -0.492 e. The summed E-state index contributed by atoms with van der Waals surface area (Å²) in [4.78, 5) is 24.5. The van der Waals surface area contributed by atoms with Crippen LogP contribution in [0.1, 0.15) is 25.5 Å². The van der Waals surface area contributed by atoms with Crippen molar-refractivity contribution in [3.05, 3.63) is 69.4 Å². The maximum Gasteiger partial charge on any atom is 0.311 e. The molecular weight excluding hydrogens is 430 g/mol. The summed E-state index contributed by atoms with van der Waals surface area (Å²) >= 11 is 0. The van der Waals surface area contributed by atoms with Gasteiger partial charge in [0.15, 0.2) is 5.75 Å². The molecule has 1 aromatic heterocycles. The zero-order chi connectivity index (χ0) is 23.5. The maximum atomic E-state index is 13.5. The van der Waals surface area contributed by atoms with Gasteiger partial charge in [-0.15, -0.1) is 0 Å². The van der Waals surface area contributed by atoms with E-state index in [1.165, 1.54) is 23.9 Å². The molecule has 2 aromatic carbocycles. The Morgan fingerprint density at radius 3 is 2.79 bits per heavy atom. The third-order valence-electron chi connectivity index (χ3n) is 5.11. The number of para-hydroxylation sites is 2. The molecule has 1 unspecified atom stereocenters. The van der Waals surface area contributed by atoms with Crippen LogP contribution in [0.25, 0.3) is 0 Å². The average Bonchev–Trinajstić information content (AvgIpc) is 3.27. The summed E-state index contributed by atoms with van der Waals surface area (Å²) in [6.07, 6.45) is 0. The summed E-state index contributed by atoms with van der Waals surface area (Å²) in [5.74, 6) is 0.501. The molecule has 1 amide bonds. The lowest BCUT2D eigenvalue weighted by Crippen LogP contribution is -2.31. The van der Waals surface area contributed by atoms with E-state index in [0.717, 1.165) is 0 Å².